The Morgan fingerprint density at radius 3 is 2.62 bits per heavy atom. The van der Waals surface area contributed by atoms with Crippen molar-refractivity contribution in [1.82, 2.24) is 9.80 Å². The number of hydrogen-bond acceptors (Lipinski definition) is 4. The van der Waals surface area contributed by atoms with Crippen molar-refractivity contribution in [2.24, 2.45) is 0 Å². The summed E-state index contributed by atoms with van der Waals surface area (Å²) in [5, 5.41) is 18.2. The first-order valence-corrected chi connectivity index (χ1v) is 8.55. The number of benzene rings is 2. The lowest BCUT2D eigenvalue weighted by Gasteiger charge is -2.33. The fourth-order valence-corrected chi connectivity index (χ4v) is 3.01. The van der Waals surface area contributed by atoms with Crippen LogP contribution in [-0.4, -0.2) is 47.2 Å². The Bertz CT molecular complexity index is 808. The topological polar surface area (TPSA) is 76.8 Å². The molecule has 0 aliphatic carbocycles. The second-order valence-electron chi connectivity index (χ2n) is 6.25. The minimum Gasteiger partial charge on any atom is -0.489 e. The zero-order valence-corrected chi connectivity index (χ0v) is 14.5. The molecule has 0 aromatic heterocycles. The summed E-state index contributed by atoms with van der Waals surface area (Å²) >= 11 is 0. The molecule has 0 unspecified atom stereocenters. The van der Waals surface area contributed by atoms with Crippen molar-refractivity contribution in [3.8, 4) is 11.8 Å². The molecule has 0 saturated carbocycles. The van der Waals surface area contributed by atoms with E-state index in [2.05, 4.69) is 11.0 Å². The lowest BCUT2D eigenvalue weighted by Crippen LogP contribution is -2.47. The van der Waals surface area contributed by atoms with Gasteiger partial charge in [0.2, 0.25) is 0 Å². The SMILES string of the molecule is N#Cc1ccccc1COc1cccc(CN2CCN(C(=O)O)CC2)c1. The molecule has 6 heteroatoms. The smallest absolute Gasteiger partial charge is 0.407 e. The molecule has 1 fully saturated rings. The maximum absolute atomic E-state index is 11.0. The van der Waals surface area contributed by atoms with Crippen LogP contribution >= 0.6 is 0 Å². The molecule has 2 aromatic rings. The molecule has 2 aromatic carbocycles. The Hall–Kier alpha value is -3.04. The summed E-state index contributed by atoms with van der Waals surface area (Å²) < 4.78 is 5.86. The van der Waals surface area contributed by atoms with Crippen molar-refractivity contribution in [1.29, 1.82) is 5.26 Å². The monoisotopic (exact) mass is 351 g/mol. The van der Waals surface area contributed by atoms with E-state index >= 15 is 0 Å². The largest absolute Gasteiger partial charge is 0.489 e. The van der Waals surface area contributed by atoms with Crippen LogP contribution in [0.3, 0.4) is 0 Å². The van der Waals surface area contributed by atoms with Gasteiger partial charge in [-0.1, -0.05) is 30.3 Å². The van der Waals surface area contributed by atoms with E-state index in [4.69, 9.17) is 15.1 Å². The van der Waals surface area contributed by atoms with Gasteiger partial charge >= 0.3 is 6.09 Å². The van der Waals surface area contributed by atoms with Crippen LogP contribution < -0.4 is 4.74 Å². The molecule has 3 rings (SSSR count). The maximum atomic E-state index is 11.0. The highest BCUT2D eigenvalue weighted by Gasteiger charge is 2.20. The molecule has 6 nitrogen and oxygen atoms in total. The lowest BCUT2D eigenvalue weighted by molar-refractivity contribution is 0.103. The van der Waals surface area contributed by atoms with Gasteiger partial charge in [0.15, 0.2) is 0 Å². The van der Waals surface area contributed by atoms with E-state index in [1.165, 1.54) is 4.90 Å². The number of nitrogens with zero attached hydrogens (tertiary/aromatic N) is 3. The van der Waals surface area contributed by atoms with Gasteiger partial charge < -0.3 is 14.7 Å². The molecule has 1 N–H and O–H groups in total. The van der Waals surface area contributed by atoms with Crippen molar-refractivity contribution in [2.75, 3.05) is 26.2 Å². The van der Waals surface area contributed by atoms with E-state index in [-0.39, 0.29) is 0 Å². The lowest BCUT2D eigenvalue weighted by atomic mass is 10.1. The molecular weight excluding hydrogens is 330 g/mol. The van der Waals surface area contributed by atoms with Crippen LogP contribution in [0.1, 0.15) is 16.7 Å². The Morgan fingerprint density at radius 2 is 1.88 bits per heavy atom. The zero-order chi connectivity index (χ0) is 18.4. The molecule has 1 saturated heterocycles. The predicted molar refractivity (Wildman–Crippen MR) is 96.8 cm³/mol. The average Bonchev–Trinajstić information content (AvgIpc) is 2.67. The molecule has 1 aliphatic rings. The van der Waals surface area contributed by atoms with Crippen molar-refractivity contribution >= 4 is 6.09 Å². The van der Waals surface area contributed by atoms with E-state index in [0.717, 1.165) is 36.5 Å². The van der Waals surface area contributed by atoms with E-state index in [0.29, 0.717) is 25.3 Å². The highest BCUT2D eigenvalue weighted by Crippen LogP contribution is 2.18. The van der Waals surface area contributed by atoms with Crippen molar-refractivity contribution in [3.63, 3.8) is 0 Å². The molecular formula is C20H21N3O3. The summed E-state index contributed by atoms with van der Waals surface area (Å²) in [7, 11) is 0. The molecule has 0 atom stereocenters. The first-order chi connectivity index (χ1) is 12.7. The first-order valence-electron chi connectivity index (χ1n) is 8.55. The fourth-order valence-electron chi connectivity index (χ4n) is 3.01. The molecule has 1 amide bonds. The van der Waals surface area contributed by atoms with E-state index in [1.54, 1.807) is 6.07 Å². The summed E-state index contributed by atoms with van der Waals surface area (Å²) in [5.41, 5.74) is 2.62. The van der Waals surface area contributed by atoms with Gasteiger partial charge in [-0.15, -0.1) is 0 Å². The van der Waals surface area contributed by atoms with Crippen LogP contribution in [0, 0.1) is 11.3 Å². The van der Waals surface area contributed by atoms with Gasteiger partial charge in [0, 0.05) is 38.3 Å². The minimum atomic E-state index is -0.849. The van der Waals surface area contributed by atoms with Gasteiger partial charge in [-0.25, -0.2) is 4.79 Å². The van der Waals surface area contributed by atoms with Gasteiger partial charge in [0.25, 0.3) is 0 Å². The van der Waals surface area contributed by atoms with Crippen LogP contribution in [0.2, 0.25) is 0 Å². The highest BCUT2D eigenvalue weighted by molar-refractivity contribution is 5.65. The third-order valence-electron chi connectivity index (χ3n) is 4.48. The molecule has 26 heavy (non-hydrogen) atoms. The number of ether oxygens (including phenoxy) is 1. The highest BCUT2D eigenvalue weighted by atomic mass is 16.5. The standard InChI is InChI=1S/C20H21N3O3/c21-13-17-5-1-2-6-18(17)15-26-19-7-3-4-16(12-19)14-22-8-10-23(11-9-22)20(24)25/h1-7,12H,8-11,14-15H2,(H,24,25). The number of hydrogen-bond donors (Lipinski definition) is 1. The maximum Gasteiger partial charge on any atom is 0.407 e. The number of carbonyl (C=O) groups is 1. The quantitative estimate of drug-likeness (QED) is 0.896. The van der Waals surface area contributed by atoms with Gasteiger partial charge in [0.05, 0.1) is 11.6 Å². The third kappa shape index (κ3) is 4.52. The molecule has 0 bridgehead atoms. The number of nitriles is 1. The molecule has 1 heterocycles. The second-order valence-corrected chi connectivity index (χ2v) is 6.25. The summed E-state index contributed by atoms with van der Waals surface area (Å²) in [6, 6.07) is 17.5. The normalized spacial score (nSPS) is 14.7. The van der Waals surface area contributed by atoms with Gasteiger partial charge in [0.1, 0.15) is 12.4 Å². The van der Waals surface area contributed by atoms with E-state index < -0.39 is 6.09 Å². The number of carboxylic acid groups (broad SMARTS) is 1. The van der Waals surface area contributed by atoms with Crippen LogP contribution in [-0.2, 0) is 13.2 Å². The van der Waals surface area contributed by atoms with Gasteiger partial charge in [-0.05, 0) is 23.8 Å². The van der Waals surface area contributed by atoms with Crippen LogP contribution in [0.5, 0.6) is 5.75 Å². The Morgan fingerprint density at radius 1 is 1.12 bits per heavy atom. The minimum absolute atomic E-state index is 0.352. The van der Waals surface area contributed by atoms with E-state index in [1.807, 2.05) is 42.5 Å². The zero-order valence-electron chi connectivity index (χ0n) is 14.5. The van der Waals surface area contributed by atoms with Crippen molar-refractivity contribution in [2.45, 2.75) is 13.2 Å². The van der Waals surface area contributed by atoms with Crippen LogP contribution in [0.25, 0.3) is 0 Å². The van der Waals surface area contributed by atoms with Gasteiger partial charge in [-0.2, -0.15) is 5.26 Å². The number of amides is 1. The summed E-state index contributed by atoms with van der Waals surface area (Å²) in [6.45, 7) is 3.65. The molecule has 1 aliphatic heterocycles. The van der Waals surface area contributed by atoms with Gasteiger partial charge in [-0.3, -0.25) is 4.90 Å². The van der Waals surface area contributed by atoms with Crippen LogP contribution in [0.15, 0.2) is 48.5 Å². The Kier molecular flexibility index (Phi) is 5.72. The number of rotatable bonds is 5. The third-order valence-corrected chi connectivity index (χ3v) is 4.48. The summed E-state index contributed by atoms with van der Waals surface area (Å²) in [6.07, 6.45) is -0.849. The molecule has 134 valence electrons. The van der Waals surface area contributed by atoms with Crippen LogP contribution in [0.4, 0.5) is 4.79 Å². The fraction of sp³-hybridized carbons (Fsp3) is 0.300. The molecule has 0 spiro atoms. The summed E-state index contributed by atoms with van der Waals surface area (Å²) in [5.74, 6) is 0.763. The Labute approximate surface area is 152 Å². The second kappa shape index (κ2) is 8.37. The predicted octanol–water partition coefficient (Wildman–Crippen LogP) is 2.93. The van der Waals surface area contributed by atoms with E-state index in [9.17, 15) is 4.79 Å². The Balaban J connectivity index is 1.57. The summed E-state index contributed by atoms with van der Waals surface area (Å²) in [4.78, 5) is 14.7. The van der Waals surface area contributed by atoms with Crippen molar-refractivity contribution in [3.05, 3.63) is 65.2 Å². The average molecular weight is 351 g/mol. The number of piperazine rings is 1. The van der Waals surface area contributed by atoms with Crippen molar-refractivity contribution < 1.29 is 14.6 Å². The first kappa shape index (κ1) is 17.8. The molecule has 0 radical (unpaired) electrons.